The van der Waals surface area contributed by atoms with Gasteiger partial charge in [0.15, 0.2) is 0 Å². The van der Waals surface area contributed by atoms with Gasteiger partial charge in [0, 0.05) is 6.08 Å². The van der Waals surface area contributed by atoms with Gasteiger partial charge in [-0.05, 0) is 41.3 Å². The summed E-state index contributed by atoms with van der Waals surface area (Å²) >= 11 is 0. The van der Waals surface area contributed by atoms with Gasteiger partial charge in [-0.25, -0.2) is 4.79 Å². The van der Waals surface area contributed by atoms with Gasteiger partial charge in [0.25, 0.3) is 0 Å². The molecule has 0 saturated carbocycles. The minimum absolute atomic E-state index is 0.354. The monoisotopic (exact) mass is 310 g/mol. The zero-order chi connectivity index (χ0) is 16.5. The molecule has 0 bridgehead atoms. The fourth-order valence-electron chi connectivity index (χ4n) is 2.10. The SMILES string of the molecule is CCCCOc1ccc(-c2ccc(/C=C/C(=O)OC)cc2)cc1. The molecule has 120 valence electrons. The molecule has 0 amide bonds. The zero-order valence-electron chi connectivity index (χ0n) is 13.6. The predicted octanol–water partition coefficient (Wildman–Crippen LogP) is 4.72. The lowest BCUT2D eigenvalue weighted by Crippen LogP contribution is -1.95. The third kappa shape index (κ3) is 5.29. The number of carbonyl (C=O) groups is 1. The van der Waals surface area contributed by atoms with Crippen molar-refractivity contribution in [3.05, 3.63) is 60.2 Å². The number of rotatable bonds is 7. The molecular weight excluding hydrogens is 288 g/mol. The topological polar surface area (TPSA) is 35.5 Å². The van der Waals surface area contributed by atoms with E-state index < -0.39 is 0 Å². The van der Waals surface area contributed by atoms with Crippen LogP contribution in [0.2, 0.25) is 0 Å². The zero-order valence-corrected chi connectivity index (χ0v) is 13.6. The minimum atomic E-state index is -0.354. The van der Waals surface area contributed by atoms with Crippen LogP contribution in [0, 0.1) is 0 Å². The quantitative estimate of drug-likeness (QED) is 0.422. The van der Waals surface area contributed by atoms with Crippen molar-refractivity contribution in [2.75, 3.05) is 13.7 Å². The number of unbranched alkanes of at least 4 members (excludes halogenated alkanes) is 1. The van der Waals surface area contributed by atoms with E-state index in [0.717, 1.165) is 41.9 Å². The highest BCUT2D eigenvalue weighted by Gasteiger charge is 1.99. The summed E-state index contributed by atoms with van der Waals surface area (Å²) in [5, 5.41) is 0. The lowest BCUT2D eigenvalue weighted by molar-refractivity contribution is -0.134. The summed E-state index contributed by atoms with van der Waals surface area (Å²) in [5.74, 6) is 0.549. The van der Waals surface area contributed by atoms with Gasteiger partial charge in [0.05, 0.1) is 13.7 Å². The third-order valence-electron chi connectivity index (χ3n) is 3.48. The molecule has 0 atom stereocenters. The van der Waals surface area contributed by atoms with E-state index >= 15 is 0 Å². The van der Waals surface area contributed by atoms with Crippen LogP contribution in [0.4, 0.5) is 0 Å². The molecule has 0 aromatic heterocycles. The Balaban J connectivity index is 2.01. The Kier molecular flexibility index (Phi) is 6.42. The molecule has 23 heavy (non-hydrogen) atoms. The summed E-state index contributed by atoms with van der Waals surface area (Å²) < 4.78 is 10.2. The second-order valence-corrected chi connectivity index (χ2v) is 5.20. The molecule has 2 rings (SSSR count). The second-order valence-electron chi connectivity index (χ2n) is 5.20. The first-order valence-electron chi connectivity index (χ1n) is 7.82. The van der Waals surface area contributed by atoms with Crippen LogP contribution in [0.1, 0.15) is 25.3 Å². The van der Waals surface area contributed by atoms with E-state index in [0.29, 0.717) is 0 Å². The molecule has 0 saturated heterocycles. The molecule has 3 heteroatoms. The Hall–Kier alpha value is -2.55. The fourth-order valence-corrected chi connectivity index (χ4v) is 2.10. The number of ether oxygens (including phenoxy) is 2. The van der Waals surface area contributed by atoms with Crippen LogP contribution in [0.25, 0.3) is 17.2 Å². The maximum absolute atomic E-state index is 11.1. The van der Waals surface area contributed by atoms with Crippen molar-refractivity contribution in [2.45, 2.75) is 19.8 Å². The number of methoxy groups -OCH3 is 1. The van der Waals surface area contributed by atoms with Crippen LogP contribution in [0.3, 0.4) is 0 Å². The average Bonchev–Trinajstić information content (AvgIpc) is 2.61. The molecule has 0 radical (unpaired) electrons. The van der Waals surface area contributed by atoms with Crippen molar-refractivity contribution < 1.29 is 14.3 Å². The number of benzene rings is 2. The van der Waals surface area contributed by atoms with Gasteiger partial charge in [0.1, 0.15) is 5.75 Å². The summed E-state index contributed by atoms with van der Waals surface area (Å²) in [6, 6.07) is 16.1. The largest absolute Gasteiger partial charge is 0.494 e. The molecule has 0 aliphatic rings. The molecular formula is C20H22O3. The van der Waals surface area contributed by atoms with E-state index in [1.807, 2.05) is 36.4 Å². The van der Waals surface area contributed by atoms with Crippen molar-refractivity contribution in [2.24, 2.45) is 0 Å². The van der Waals surface area contributed by atoms with Gasteiger partial charge in [-0.15, -0.1) is 0 Å². The Labute approximate surface area is 137 Å². The number of esters is 1. The normalized spacial score (nSPS) is 10.7. The van der Waals surface area contributed by atoms with Crippen molar-refractivity contribution in [3.8, 4) is 16.9 Å². The lowest BCUT2D eigenvalue weighted by atomic mass is 10.0. The maximum Gasteiger partial charge on any atom is 0.330 e. The van der Waals surface area contributed by atoms with Crippen LogP contribution in [-0.2, 0) is 9.53 Å². The molecule has 2 aromatic rings. The van der Waals surface area contributed by atoms with Gasteiger partial charge in [-0.3, -0.25) is 0 Å². The van der Waals surface area contributed by atoms with Crippen molar-refractivity contribution in [1.29, 1.82) is 0 Å². The summed E-state index contributed by atoms with van der Waals surface area (Å²) in [6.07, 6.45) is 5.36. The van der Waals surface area contributed by atoms with E-state index in [9.17, 15) is 4.79 Å². The first kappa shape index (κ1) is 16.8. The Morgan fingerprint density at radius 1 is 1.00 bits per heavy atom. The molecule has 0 aliphatic carbocycles. The first-order chi connectivity index (χ1) is 11.2. The Morgan fingerprint density at radius 3 is 2.17 bits per heavy atom. The van der Waals surface area contributed by atoms with Crippen LogP contribution < -0.4 is 4.74 Å². The van der Waals surface area contributed by atoms with Gasteiger partial charge < -0.3 is 9.47 Å². The van der Waals surface area contributed by atoms with E-state index in [1.165, 1.54) is 13.2 Å². The molecule has 0 heterocycles. The molecule has 0 spiro atoms. The van der Waals surface area contributed by atoms with Crippen LogP contribution in [0.15, 0.2) is 54.6 Å². The molecule has 0 unspecified atom stereocenters. The number of hydrogen-bond donors (Lipinski definition) is 0. The number of carbonyl (C=O) groups excluding carboxylic acids is 1. The minimum Gasteiger partial charge on any atom is -0.494 e. The van der Waals surface area contributed by atoms with Crippen LogP contribution in [-0.4, -0.2) is 19.7 Å². The summed E-state index contributed by atoms with van der Waals surface area (Å²) in [5.41, 5.74) is 3.22. The van der Waals surface area contributed by atoms with Gasteiger partial charge in [-0.2, -0.15) is 0 Å². The highest BCUT2D eigenvalue weighted by molar-refractivity contribution is 5.87. The van der Waals surface area contributed by atoms with E-state index in [-0.39, 0.29) is 5.97 Å². The summed E-state index contributed by atoms with van der Waals surface area (Å²) in [6.45, 7) is 2.91. The van der Waals surface area contributed by atoms with Crippen molar-refractivity contribution in [3.63, 3.8) is 0 Å². The molecule has 3 nitrogen and oxygen atoms in total. The highest BCUT2D eigenvalue weighted by atomic mass is 16.5. The summed E-state index contributed by atoms with van der Waals surface area (Å²) in [7, 11) is 1.37. The van der Waals surface area contributed by atoms with E-state index in [4.69, 9.17) is 4.74 Å². The Morgan fingerprint density at radius 2 is 1.61 bits per heavy atom. The Bertz CT molecular complexity index is 640. The molecule has 2 aromatic carbocycles. The van der Waals surface area contributed by atoms with Crippen molar-refractivity contribution >= 4 is 12.0 Å². The highest BCUT2D eigenvalue weighted by Crippen LogP contribution is 2.23. The molecule has 0 fully saturated rings. The predicted molar refractivity (Wildman–Crippen MR) is 93.3 cm³/mol. The summed E-state index contributed by atoms with van der Waals surface area (Å²) in [4.78, 5) is 11.1. The number of hydrogen-bond acceptors (Lipinski definition) is 3. The van der Waals surface area contributed by atoms with Gasteiger partial charge >= 0.3 is 5.97 Å². The van der Waals surface area contributed by atoms with Crippen molar-refractivity contribution in [1.82, 2.24) is 0 Å². The van der Waals surface area contributed by atoms with Crippen LogP contribution >= 0.6 is 0 Å². The smallest absolute Gasteiger partial charge is 0.330 e. The fraction of sp³-hybridized carbons (Fsp3) is 0.250. The van der Waals surface area contributed by atoms with Crippen LogP contribution in [0.5, 0.6) is 5.75 Å². The third-order valence-corrected chi connectivity index (χ3v) is 3.48. The first-order valence-corrected chi connectivity index (χ1v) is 7.82. The van der Waals surface area contributed by atoms with Gasteiger partial charge in [-0.1, -0.05) is 49.7 Å². The average molecular weight is 310 g/mol. The standard InChI is InChI=1S/C20H22O3/c1-3-4-15-23-19-12-10-18(11-13-19)17-8-5-16(6-9-17)7-14-20(21)22-2/h5-14H,3-4,15H2,1-2H3/b14-7+. The van der Waals surface area contributed by atoms with Gasteiger partial charge in [0.2, 0.25) is 0 Å². The maximum atomic E-state index is 11.1. The lowest BCUT2D eigenvalue weighted by Gasteiger charge is -2.07. The molecule has 0 N–H and O–H groups in total. The molecule has 0 aliphatic heterocycles. The van der Waals surface area contributed by atoms with E-state index in [1.54, 1.807) is 6.08 Å². The second kappa shape index (κ2) is 8.79. The van der Waals surface area contributed by atoms with E-state index in [2.05, 4.69) is 23.8 Å².